The molecule has 2 aromatic heterocycles. The second kappa shape index (κ2) is 6.04. The molecule has 1 N–H and O–H groups in total. The largest absolute Gasteiger partial charge is 0.423 e. The van der Waals surface area contributed by atoms with Crippen molar-refractivity contribution in [1.29, 1.82) is 0 Å². The maximum Gasteiger partial charge on any atom is 0.328 e. The van der Waals surface area contributed by atoms with E-state index < -0.39 is 0 Å². The molecule has 1 aromatic carbocycles. The van der Waals surface area contributed by atoms with E-state index in [0.717, 1.165) is 3.57 Å². The fourth-order valence-corrected chi connectivity index (χ4v) is 2.12. The second-order valence-corrected chi connectivity index (χ2v) is 5.14. The molecule has 106 valence electrons. The molecule has 8 heteroatoms. The van der Waals surface area contributed by atoms with Crippen LogP contribution >= 0.6 is 22.6 Å². The number of hydrogen-bond donors (Lipinski definition) is 1. The number of benzene rings is 1. The van der Waals surface area contributed by atoms with Crippen molar-refractivity contribution in [3.05, 3.63) is 46.3 Å². The summed E-state index contributed by atoms with van der Waals surface area (Å²) in [5.41, 5.74) is 0. The normalized spacial score (nSPS) is 10.4. The van der Waals surface area contributed by atoms with Crippen molar-refractivity contribution in [1.82, 2.24) is 24.7 Å². The minimum absolute atomic E-state index is 0.212. The Hall–Kier alpha value is -2.23. The predicted octanol–water partition coefficient (Wildman–Crippen LogP) is 2.50. The summed E-state index contributed by atoms with van der Waals surface area (Å²) in [6.07, 6.45) is 3.41. The molecule has 7 nitrogen and oxygen atoms in total. The minimum atomic E-state index is 0.212. The number of hydrogen-bond acceptors (Lipinski definition) is 6. The SMILES string of the molecule is CNc1nc(Oc2ccccc2I)nc(-n2cccn2)n1. The number of anilines is 1. The van der Waals surface area contributed by atoms with E-state index in [1.807, 2.05) is 24.3 Å². The van der Waals surface area contributed by atoms with E-state index in [4.69, 9.17) is 4.74 Å². The van der Waals surface area contributed by atoms with Crippen molar-refractivity contribution in [3.63, 3.8) is 0 Å². The zero-order chi connectivity index (χ0) is 14.7. The van der Waals surface area contributed by atoms with Gasteiger partial charge in [-0.2, -0.15) is 20.1 Å². The quantitative estimate of drug-likeness (QED) is 0.686. The Labute approximate surface area is 134 Å². The van der Waals surface area contributed by atoms with Gasteiger partial charge in [0.15, 0.2) is 0 Å². The molecule has 0 saturated heterocycles. The molecule has 0 spiro atoms. The highest BCUT2D eigenvalue weighted by atomic mass is 127. The fourth-order valence-electron chi connectivity index (χ4n) is 1.62. The number of aromatic nitrogens is 5. The van der Waals surface area contributed by atoms with E-state index >= 15 is 0 Å². The number of ether oxygens (including phenoxy) is 1. The van der Waals surface area contributed by atoms with Crippen LogP contribution in [0.15, 0.2) is 42.7 Å². The van der Waals surface area contributed by atoms with Crippen molar-refractivity contribution in [2.24, 2.45) is 0 Å². The van der Waals surface area contributed by atoms with Gasteiger partial charge in [-0.25, -0.2) is 4.68 Å². The lowest BCUT2D eigenvalue weighted by atomic mass is 10.3. The summed E-state index contributed by atoms with van der Waals surface area (Å²) in [4.78, 5) is 12.7. The van der Waals surface area contributed by atoms with Gasteiger partial charge in [0, 0.05) is 19.4 Å². The molecule has 0 aliphatic heterocycles. The summed E-state index contributed by atoms with van der Waals surface area (Å²) >= 11 is 2.20. The Morgan fingerprint density at radius 1 is 1.14 bits per heavy atom. The van der Waals surface area contributed by atoms with E-state index in [-0.39, 0.29) is 6.01 Å². The van der Waals surface area contributed by atoms with Crippen LogP contribution in [0.25, 0.3) is 5.95 Å². The van der Waals surface area contributed by atoms with Gasteiger partial charge in [0.2, 0.25) is 5.95 Å². The van der Waals surface area contributed by atoms with Crippen LogP contribution in [0.5, 0.6) is 11.8 Å². The van der Waals surface area contributed by atoms with Crippen molar-refractivity contribution in [3.8, 4) is 17.7 Å². The Morgan fingerprint density at radius 3 is 2.71 bits per heavy atom. The van der Waals surface area contributed by atoms with Crippen molar-refractivity contribution in [2.75, 3.05) is 12.4 Å². The molecule has 3 rings (SSSR count). The summed E-state index contributed by atoms with van der Waals surface area (Å²) in [6.45, 7) is 0. The van der Waals surface area contributed by atoms with E-state index in [1.165, 1.54) is 0 Å². The van der Waals surface area contributed by atoms with Crippen LogP contribution in [0.4, 0.5) is 5.95 Å². The number of halogens is 1. The van der Waals surface area contributed by atoms with E-state index in [1.54, 1.807) is 30.2 Å². The van der Waals surface area contributed by atoms with E-state index in [0.29, 0.717) is 17.6 Å². The van der Waals surface area contributed by atoms with Crippen LogP contribution in [-0.2, 0) is 0 Å². The molecular formula is C13H11IN6O. The van der Waals surface area contributed by atoms with Crippen LogP contribution in [0.2, 0.25) is 0 Å². The van der Waals surface area contributed by atoms with Gasteiger partial charge in [0.1, 0.15) is 5.75 Å². The lowest BCUT2D eigenvalue weighted by Gasteiger charge is -2.08. The highest BCUT2D eigenvalue weighted by Crippen LogP contribution is 2.24. The molecule has 0 amide bonds. The molecular weight excluding hydrogens is 383 g/mol. The zero-order valence-electron chi connectivity index (χ0n) is 11.1. The molecule has 0 aliphatic rings. The highest BCUT2D eigenvalue weighted by molar-refractivity contribution is 14.1. The zero-order valence-corrected chi connectivity index (χ0v) is 13.2. The average Bonchev–Trinajstić information content (AvgIpc) is 3.04. The standard InChI is InChI=1S/C13H11IN6O/c1-15-11-17-12(20-8-4-7-16-20)19-13(18-11)21-10-6-3-2-5-9(10)14/h2-8H,1H3,(H,15,17,18,19). The van der Waals surface area contributed by atoms with Crippen LogP contribution in [-0.4, -0.2) is 31.8 Å². The molecule has 21 heavy (non-hydrogen) atoms. The van der Waals surface area contributed by atoms with Crippen molar-refractivity contribution in [2.45, 2.75) is 0 Å². The van der Waals surface area contributed by atoms with Gasteiger partial charge in [-0.05, 0) is 40.8 Å². The Morgan fingerprint density at radius 2 is 2.00 bits per heavy atom. The Kier molecular flexibility index (Phi) is 3.95. The van der Waals surface area contributed by atoms with Gasteiger partial charge in [-0.1, -0.05) is 12.1 Å². The fraction of sp³-hybridized carbons (Fsp3) is 0.0769. The first-order chi connectivity index (χ1) is 10.3. The number of rotatable bonds is 4. The van der Waals surface area contributed by atoms with Crippen LogP contribution < -0.4 is 10.1 Å². The molecule has 3 aromatic rings. The third kappa shape index (κ3) is 3.10. The first-order valence-electron chi connectivity index (χ1n) is 6.12. The number of nitrogens with one attached hydrogen (secondary N) is 1. The molecule has 0 atom stereocenters. The smallest absolute Gasteiger partial charge is 0.328 e. The third-order valence-electron chi connectivity index (χ3n) is 2.57. The predicted molar refractivity (Wildman–Crippen MR) is 85.7 cm³/mol. The van der Waals surface area contributed by atoms with E-state index in [2.05, 4.69) is 48.0 Å². The summed E-state index contributed by atoms with van der Waals surface area (Å²) in [5, 5.41) is 6.99. The number of para-hydroxylation sites is 1. The summed E-state index contributed by atoms with van der Waals surface area (Å²) < 4.78 is 8.26. The van der Waals surface area contributed by atoms with Gasteiger partial charge in [-0.3, -0.25) is 0 Å². The maximum absolute atomic E-state index is 5.74. The average molecular weight is 394 g/mol. The van der Waals surface area contributed by atoms with Crippen LogP contribution in [0.3, 0.4) is 0 Å². The monoisotopic (exact) mass is 394 g/mol. The minimum Gasteiger partial charge on any atom is -0.423 e. The maximum atomic E-state index is 5.74. The van der Waals surface area contributed by atoms with Gasteiger partial charge >= 0.3 is 6.01 Å². The van der Waals surface area contributed by atoms with Gasteiger partial charge in [-0.15, -0.1) is 0 Å². The van der Waals surface area contributed by atoms with Gasteiger partial charge in [0.25, 0.3) is 5.95 Å². The third-order valence-corrected chi connectivity index (χ3v) is 3.47. The van der Waals surface area contributed by atoms with Gasteiger partial charge in [0.05, 0.1) is 3.57 Å². The number of nitrogens with zero attached hydrogens (tertiary/aromatic N) is 5. The molecule has 0 fully saturated rings. The molecule has 0 unspecified atom stereocenters. The van der Waals surface area contributed by atoms with Crippen molar-refractivity contribution < 1.29 is 4.74 Å². The van der Waals surface area contributed by atoms with E-state index in [9.17, 15) is 0 Å². The summed E-state index contributed by atoms with van der Waals surface area (Å²) in [6, 6.07) is 9.65. The molecule has 0 aliphatic carbocycles. The Balaban J connectivity index is 1.99. The second-order valence-electron chi connectivity index (χ2n) is 3.97. The van der Waals surface area contributed by atoms with Crippen molar-refractivity contribution >= 4 is 28.5 Å². The molecule has 2 heterocycles. The first kappa shape index (κ1) is 13.7. The van der Waals surface area contributed by atoms with Crippen LogP contribution in [0.1, 0.15) is 0 Å². The molecule has 0 bridgehead atoms. The highest BCUT2D eigenvalue weighted by Gasteiger charge is 2.10. The molecule has 0 saturated carbocycles. The Bertz CT molecular complexity index is 746. The first-order valence-corrected chi connectivity index (χ1v) is 7.20. The molecule has 0 radical (unpaired) electrons. The van der Waals surface area contributed by atoms with Gasteiger partial charge < -0.3 is 10.1 Å². The lowest BCUT2D eigenvalue weighted by molar-refractivity contribution is 0.435. The van der Waals surface area contributed by atoms with Crippen LogP contribution in [0, 0.1) is 3.57 Å². The summed E-state index contributed by atoms with van der Waals surface area (Å²) in [7, 11) is 1.73. The lowest BCUT2D eigenvalue weighted by Crippen LogP contribution is -2.08. The topological polar surface area (TPSA) is 77.8 Å². The summed E-state index contributed by atoms with van der Waals surface area (Å²) in [5.74, 6) is 1.49.